The molecule has 12 heavy (non-hydrogen) atoms. The molecule has 0 fully saturated rings. The van der Waals surface area contributed by atoms with Crippen LogP contribution in [0.4, 0.5) is 8.78 Å². The number of aliphatic hydroxyl groups excluding tert-OH is 1. The van der Waals surface area contributed by atoms with Crippen LogP contribution in [0.15, 0.2) is 12.1 Å². The second kappa shape index (κ2) is 2.52. The van der Waals surface area contributed by atoms with Gasteiger partial charge in [0.2, 0.25) is 0 Å². The summed E-state index contributed by atoms with van der Waals surface area (Å²) in [5.41, 5.74) is 0.872. The first-order chi connectivity index (χ1) is 5.70. The molecule has 0 heterocycles. The fraction of sp³-hybridized carbons (Fsp3) is 0.333. The maximum Gasteiger partial charge on any atom is 0.162 e. The average Bonchev–Trinajstić information content (AvgIpc) is 2.41. The third kappa shape index (κ3) is 0.932. The third-order valence-corrected chi connectivity index (χ3v) is 2.26. The maximum atomic E-state index is 13.0. The number of aliphatic hydroxyl groups is 1. The van der Waals surface area contributed by atoms with Crippen molar-refractivity contribution in [3.8, 4) is 0 Å². The molecule has 0 spiro atoms. The maximum absolute atomic E-state index is 13.0. The lowest BCUT2D eigenvalue weighted by Crippen LogP contribution is -1.94. The molecule has 0 radical (unpaired) electrons. The first-order valence-electron chi connectivity index (χ1n) is 3.85. The van der Waals surface area contributed by atoms with Gasteiger partial charge in [-0.1, -0.05) is 6.07 Å². The van der Waals surface area contributed by atoms with Crippen molar-refractivity contribution in [1.29, 1.82) is 0 Å². The molecule has 1 aromatic carbocycles. The summed E-state index contributed by atoms with van der Waals surface area (Å²) >= 11 is 0. The molecule has 1 nitrogen and oxygen atoms in total. The second-order valence-corrected chi connectivity index (χ2v) is 2.98. The van der Waals surface area contributed by atoms with Crippen molar-refractivity contribution < 1.29 is 13.9 Å². The van der Waals surface area contributed by atoms with Crippen LogP contribution in [-0.2, 0) is 6.42 Å². The zero-order valence-electron chi connectivity index (χ0n) is 6.35. The van der Waals surface area contributed by atoms with Crippen LogP contribution in [0.2, 0.25) is 0 Å². The summed E-state index contributed by atoms with van der Waals surface area (Å²) in [5, 5.41) is 9.31. The van der Waals surface area contributed by atoms with Crippen molar-refractivity contribution in [2.45, 2.75) is 18.9 Å². The Bertz CT molecular complexity index is 323. The van der Waals surface area contributed by atoms with Crippen LogP contribution in [0, 0.1) is 11.6 Å². The summed E-state index contributed by atoms with van der Waals surface area (Å²) < 4.78 is 25.6. The highest BCUT2D eigenvalue weighted by Gasteiger charge is 2.24. The van der Waals surface area contributed by atoms with Crippen molar-refractivity contribution in [2.24, 2.45) is 0 Å². The number of hydrogen-bond donors (Lipinski definition) is 1. The standard InChI is InChI=1S/C9H8F2O/c10-7-3-1-5-6(9(7)11)2-4-8(5)12/h1,3,8,12H,2,4H2. The highest BCUT2D eigenvalue weighted by molar-refractivity contribution is 5.35. The van der Waals surface area contributed by atoms with Crippen LogP contribution >= 0.6 is 0 Å². The molecule has 0 aliphatic heterocycles. The Morgan fingerprint density at radius 3 is 2.83 bits per heavy atom. The number of halogens is 2. The first kappa shape index (κ1) is 7.68. The van der Waals surface area contributed by atoms with Crippen molar-refractivity contribution >= 4 is 0 Å². The van der Waals surface area contributed by atoms with Crippen molar-refractivity contribution in [3.05, 3.63) is 34.9 Å². The van der Waals surface area contributed by atoms with E-state index < -0.39 is 17.7 Å². The van der Waals surface area contributed by atoms with Gasteiger partial charge in [0.15, 0.2) is 11.6 Å². The predicted octanol–water partition coefficient (Wildman–Crippen LogP) is 1.94. The van der Waals surface area contributed by atoms with Gasteiger partial charge >= 0.3 is 0 Å². The van der Waals surface area contributed by atoms with Gasteiger partial charge in [-0.05, 0) is 30.0 Å². The smallest absolute Gasteiger partial charge is 0.162 e. The monoisotopic (exact) mass is 170 g/mol. The van der Waals surface area contributed by atoms with Gasteiger partial charge in [-0.3, -0.25) is 0 Å². The number of benzene rings is 1. The van der Waals surface area contributed by atoms with Gasteiger partial charge < -0.3 is 5.11 Å². The van der Waals surface area contributed by atoms with Gasteiger partial charge in [0.25, 0.3) is 0 Å². The molecule has 0 saturated heterocycles. The van der Waals surface area contributed by atoms with Crippen LogP contribution < -0.4 is 0 Å². The van der Waals surface area contributed by atoms with E-state index in [0.29, 0.717) is 24.0 Å². The Hall–Kier alpha value is -0.960. The van der Waals surface area contributed by atoms with Crippen molar-refractivity contribution in [2.75, 3.05) is 0 Å². The summed E-state index contributed by atoms with van der Waals surface area (Å²) in [7, 11) is 0. The SMILES string of the molecule is OC1CCc2c1ccc(F)c2F. The van der Waals surface area contributed by atoms with Gasteiger partial charge in [-0.2, -0.15) is 0 Å². The Balaban J connectivity index is 2.60. The highest BCUT2D eigenvalue weighted by atomic mass is 19.2. The van der Waals surface area contributed by atoms with E-state index in [-0.39, 0.29) is 0 Å². The molecular formula is C9H8F2O. The van der Waals surface area contributed by atoms with Crippen LogP contribution in [0.1, 0.15) is 23.7 Å². The molecule has 3 heteroatoms. The Kier molecular flexibility index (Phi) is 1.61. The average molecular weight is 170 g/mol. The zero-order chi connectivity index (χ0) is 8.72. The molecule has 1 aliphatic carbocycles. The van der Waals surface area contributed by atoms with Crippen LogP contribution in [0.25, 0.3) is 0 Å². The summed E-state index contributed by atoms with van der Waals surface area (Å²) in [6.07, 6.45) is 0.311. The second-order valence-electron chi connectivity index (χ2n) is 2.98. The number of fused-ring (bicyclic) bond motifs is 1. The molecule has 64 valence electrons. The predicted molar refractivity (Wildman–Crippen MR) is 39.6 cm³/mol. The van der Waals surface area contributed by atoms with E-state index in [4.69, 9.17) is 0 Å². The summed E-state index contributed by atoms with van der Waals surface area (Å²) in [5.74, 6) is -1.63. The molecule has 0 aromatic heterocycles. The highest BCUT2D eigenvalue weighted by Crippen LogP contribution is 2.33. The summed E-state index contributed by atoms with van der Waals surface area (Å²) in [4.78, 5) is 0. The molecule has 2 rings (SSSR count). The Morgan fingerprint density at radius 1 is 1.33 bits per heavy atom. The fourth-order valence-corrected chi connectivity index (χ4v) is 1.61. The van der Waals surface area contributed by atoms with E-state index in [2.05, 4.69) is 0 Å². The molecule has 1 aliphatic rings. The van der Waals surface area contributed by atoms with E-state index in [1.807, 2.05) is 0 Å². The van der Waals surface area contributed by atoms with E-state index in [1.54, 1.807) is 0 Å². The minimum atomic E-state index is -0.831. The lowest BCUT2D eigenvalue weighted by atomic mass is 10.1. The summed E-state index contributed by atoms with van der Waals surface area (Å²) in [6, 6.07) is 2.51. The lowest BCUT2D eigenvalue weighted by molar-refractivity contribution is 0.180. The minimum absolute atomic E-state index is 0.336. The lowest BCUT2D eigenvalue weighted by Gasteiger charge is -2.03. The van der Waals surface area contributed by atoms with Crippen LogP contribution in [0.3, 0.4) is 0 Å². The fourth-order valence-electron chi connectivity index (χ4n) is 1.61. The quantitative estimate of drug-likeness (QED) is 0.630. The molecule has 1 aromatic rings. The molecule has 0 saturated carbocycles. The van der Waals surface area contributed by atoms with Crippen LogP contribution in [-0.4, -0.2) is 5.11 Å². The van der Waals surface area contributed by atoms with E-state index in [1.165, 1.54) is 6.07 Å². The van der Waals surface area contributed by atoms with Gasteiger partial charge in [0, 0.05) is 0 Å². The number of hydrogen-bond acceptors (Lipinski definition) is 1. The Labute approximate surface area is 68.6 Å². The van der Waals surface area contributed by atoms with Gasteiger partial charge in [0.05, 0.1) is 6.10 Å². The van der Waals surface area contributed by atoms with Crippen LogP contribution in [0.5, 0.6) is 0 Å². The van der Waals surface area contributed by atoms with Gasteiger partial charge in [-0.15, -0.1) is 0 Å². The number of rotatable bonds is 0. The molecule has 0 bridgehead atoms. The van der Waals surface area contributed by atoms with E-state index in [9.17, 15) is 13.9 Å². The topological polar surface area (TPSA) is 20.2 Å². The molecule has 1 unspecified atom stereocenters. The third-order valence-electron chi connectivity index (χ3n) is 2.26. The first-order valence-corrected chi connectivity index (χ1v) is 3.85. The minimum Gasteiger partial charge on any atom is -0.388 e. The van der Waals surface area contributed by atoms with Gasteiger partial charge in [0.1, 0.15) is 0 Å². The van der Waals surface area contributed by atoms with Crippen molar-refractivity contribution in [3.63, 3.8) is 0 Å². The zero-order valence-corrected chi connectivity index (χ0v) is 6.35. The summed E-state index contributed by atoms with van der Waals surface area (Å²) in [6.45, 7) is 0. The molecular weight excluding hydrogens is 162 g/mol. The molecule has 1 atom stereocenters. The van der Waals surface area contributed by atoms with Gasteiger partial charge in [-0.25, -0.2) is 8.78 Å². The largest absolute Gasteiger partial charge is 0.388 e. The van der Waals surface area contributed by atoms with E-state index >= 15 is 0 Å². The normalized spacial score (nSPS) is 21.1. The molecule has 0 amide bonds. The van der Waals surface area contributed by atoms with Crippen molar-refractivity contribution in [1.82, 2.24) is 0 Å². The molecule has 1 N–H and O–H groups in total. The Morgan fingerprint density at radius 2 is 2.08 bits per heavy atom. The van der Waals surface area contributed by atoms with E-state index in [0.717, 1.165) is 6.07 Å².